The van der Waals surface area contributed by atoms with Crippen LogP contribution in [0.1, 0.15) is 34.6 Å². The number of nitrogens with one attached hydrogen (secondary N) is 3. The van der Waals surface area contributed by atoms with E-state index < -0.39 is 29.4 Å². The molecule has 1 aromatic carbocycles. The number of rotatable bonds is 5. The molecule has 1 aromatic heterocycles. The largest absolute Gasteiger partial charge is 0.461 e. The number of H-pyrrole nitrogens is 2. The van der Waals surface area contributed by atoms with Crippen molar-refractivity contribution in [2.45, 2.75) is 18.6 Å². The average Bonchev–Trinajstić information content (AvgIpc) is 3.01. The predicted molar refractivity (Wildman–Crippen MR) is 98.4 cm³/mol. The lowest BCUT2D eigenvalue weighted by molar-refractivity contribution is -0.129. The first-order chi connectivity index (χ1) is 13.0. The molecule has 1 atom stereocenters. The Morgan fingerprint density at radius 3 is 2.59 bits per heavy atom. The number of nitrogens with zero attached hydrogens (tertiary/aromatic N) is 1. The molecule has 9 nitrogen and oxygen atoms in total. The molecule has 0 radical (unpaired) electrons. The number of thioether (sulfide) groups is 1. The van der Waals surface area contributed by atoms with Gasteiger partial charge in [0.1, 0.15) is 11.6 Å². The van der Waals surface area contributed by atoms with Crippen LogP contribution >= 0.6 is 11.8 Å². The van der Waals surface area contributed by atoms with Crippen LogP contribution in [0.2, 0.25) is 0 Å². The Balaban J connectivity index is 1.73. The number of aliphatic imine (C=N–C) groups is 1. The van der Waals surface area contributed by atoms with Crippen molar-refractivity contribution < 1.29 is 19.1 Å². The zero-order valence-electron chi connectivity index (χ0n) is 14.3. The van der Waals surface area contributed by atoms with Crippen molar-refractivity contribution in [3.63, 3.8) is 0 Å². The maximum Gasteiger partial charge on any atom is 0.356 e. The minimum absolute atomic E-state index is 0.00516. The Kier molecular flexibility index (Phi) is 5.55. The molecule has 2 aromatic rings. The van der Waals surface area contributed by atoms with Crippen LogP contribution in [0.25, 0.3) is 0 Å². The molecule has 3 N–H and O–H groups in total. The van der Waals surface area contributed by atoms with Gasteiger partial charge in [-0.3, -0.25) is 14.6 Å². The maximum atomic E-state index is 12.3. The highest BCUT2D eigenvalue weighted by Crippen LogP contribution is 2.23. The number of esters is 1. The number of benzene rings is 1. The topological polar surface area (TPSA) is 133 Å². The summed E-state index contributed by atoms with van der Waals surface area (Å²) in [6.07, 6.45) is 0. The Bertz CT molecular complexity index is 963. The second kappa shape index (κ2) is 8.04. The van der Waals surface area contributed by atoms with E-state index in [1.165, 1.54) is 0 Å². The van der Waals surface area contributed by atoms with E-state index in [2.05, 4.69) is 20.3 Å². The first kappa shape index (κ1) is 18.6. The molecule has 1 aliphatic rings. The van der Waals surface area contributed by atoms with Gasteiger partial charge in [0.15, 0.2) is 5.17 Å². The fourth-order valence-corrected chi connectivity index (χ4v) is 3.36. The minimum Gasteiger partial charge on any atom is -0.461 e. The van der Waals surface area contributed by atoms with Crippen molar-refractivity contribution in [2.24, 2.45) is 4.99 Å². The van der Waals surface area contributed by atoms with Crippen molar-refractivity contribution in [1.82, 2.24) is 15.3 Å². The number of carbonyl (C=O) groups excluding carboxylic acids is 3. The molecule has 3 rings (SSSR count). The normalized spacial score (nSPS) is 16.6. The number of ether oxygens (including phenoxy) is 1. The maximum absolute atomic E-state index is 12.3. The summed E-state index contributed by atoms with van der Waals surface area (Å²) in [5.41, 5.74) is 0.305. The standard InChI is InChI=1S/C17H16N4O5S/c1-2-26-15(24)12-10(18-16(25)19-12)8-27-17-20-13(22)11(14(23)21-17)9-6-4-3-5-7-9/h3-7,11H,2,8H2,1H3,(H2,18,19,25)(H,20,21,22,23). The van der Waals surface area contributed by atoms with Gasteiger partial charge >= 0.3 is 11.7 Å². The van der Waals surface area contributed by atoms with Gasteiger partial charge < -0.3 is 15.0 Å². The summed E-state index contributed by atoms with van der Waals surface area (Å²) >= 11 is 1.02. The lowest BCUT2D eigenvalue weighted by Crippen LogP contribution is -2.41. The van der Waals surface area contributed by atoms with Crippen LogP contribution in [0.3, 0.4) is 0 Å². The zero-order chi connectivity index (χ0) is 19.4. The van der Waals surface area contributed by atoms with Gasteiger partial charge in [-0.2, -0.15) is 4.99 Å². The number of hydrogen-bond acceptors (Lipinski definition) is 6. The molecular weight excluding hydrogens is 372 g/mol. The van der Waals surface area contributed by atoms with Crippen molar-refractivity contribution >= 4 is 34.7 Å². The van der Waals surface area contributed by atoms with E-state index >= 15 is 0 Å². The van der Waals surface area contributed by atoms with E-state index in [4.69, 9.17) is 4.74 Å². The molecule has 27 heavy (non-hydrogen) atoms. The van der Waals surface area contributed by atoms with Gasteiger partial charge in [0, 0.05) is 5.75 Å². The average molecular weight is 388 g/mol. The second-order valence-electron chi connectivity index (χ2n) is 5.53. The molecule has 1 aliphatic heterocycles. The van der Waals surface area contributed by atoms with Gasteiger partial charge in [-0.05, 0) is 12.5 Å². The van der Waals surface area contributed by atoms with Gasteiger partial charge in [-0.15, -0.1) is 0 Å². The van der Waals surface area contributed by atoms with Crippen LogP contribution < -0.4 is 11.0 Å². The number of amidine groups is 1. The molecule has 10 heteroatoms. The summed E-state index contributed by atoms with van der Waals surface area (Å²) in [7, 11) is 0. The predicted octanol–water partition coefficient (Wildman–Crippen LogP) is 0.909. The highest BCUT2D eigenvalue weighted by Gasteiger charge is 2.33. The smallest absolute Gasteiger partial charge is 0.356 e. The fourth-order valence-electron chi connectivity index (χ4n) is 2.54. The molecule has 0 bridgehead atoms. The summed E-state index contributed by atoms with van der Waals surface area (Å²) in [5, 5.41) is 2.69. The van der Waals surface area contributed by atoms with E-state index in [-0.39, 0.29) is 28.9 Å². The van der Waals surface area contributed by atoms with E-state index in [1.807, 2.05) is 0 Å². The summed E-state index contributed by atoms with van der Waals surface area (Å²) in [6, 6.07) is 8.64. The number of carbonyl (C=O) groups is 3. The summed E-state index contributed by atoms with van der Waals surface area (Å²) in [5.74, 6) is -2.59. The lowest BCUT2D eigenvalue weighted by atomic mass is 9.97. The van der Waals surface area contributed by atoms with E-state index in [9.17, 15) is 19.2 Å². The van der Waals surface area contributed by atoms with Crippen LogP contribution in [0.5, 0.6) is 0 Å². The monoisotopic (exact) mass is 388 g/mol. The van der Waals surface area contributed by atoms with Gasteiger partial charge in [0.2, 0.25) is 5.91 Å². The van der Waals surface area contributed by atoms with E-state index in [0.717, 1.165) is 11.8 Å². The quantitative estimate of drug-likeness (QED) is 0.515. The third-order valence-electron chi connectivity index (χ3n) is 3.72. The second-order valence-corrected chi connectivity index (χ2v) is 6.49. The highest BCUT2D eigenvalue weighted by molar-refractivity contribution is 8.13. The minimum atomic E-state index is -0.988. The van der Waals surface area contributed by atoms with Crippen molar-refractivity contribution in [3.8, 4) is 0 Å². The van der Waals surface area contributed by atoms with Crippen molar-refractivity contribution in [2.75, 3.05) is 6.61 Å². The first-order valence-corrected chi connectivity index (χ1v) is 9.07. The van der Waals surface area contributed by atoms with Gasteiger partial charge in [-0.1, -0.05) is 42.1 Å². The summed E-state index contributed by atoms with van der Waals surface area (Å²) in [6.45, 7) is 1.81. The Hall–Kier alpha value is -3.14. The van der Waals surface area contributed by atoms with Gasteiger partial charge in [0.25, 0.3) is 5.91 Å². The molecule has 2 heterocycles. The molecule has 1 unspecified atom stereocenters. The zero-order valence-corrected chi connectivity index (χ0v) is 15.1. The van der Waals surface area contributed by atoms with Crippen molar-refractivity contribution in [1.29, 1.82) is 0 Å². The van der Waals surface area contributed by atoms with Crippen molar-refractivity contribution in [3.05, 3.63) is 57.8 Å². The third-order valence-corrected chi connectivity index (χ3v) is 4.62. The number of amides is 2. The number of imidazole rings is 1. The van der Waals surface area contributed by atoms with Crippen LogP contribution in [0.15, 0.2) is 40.1 Å². The lowest BCUT2D eigenvalue weighted by Gasteiger charge is -2.19. The molecule has 0 aliphatic carbocycles. The molecule has 0 spiro atoms. The van der Waals surface area contributed by atoms with Crippen LogP contribution in [-0.4, -0.2) is 39.5 Å². The molecule has 2 amide bonds. The van der Waals surface area contributed by atoms with Gasteiger partial charge in [-0.25, -0.2) is 9.59 Å². The Labute approximate surface area is 157 Å². The summed E-state index contributed by atoms with van der Waals surface area (Å²) in [4.78, 5) is 56.7. The Morgan fingerprint density at radius 1 is 1.19 bits per heavy atom. The number of aromatic nitrogens is 2. The molecule has 0 saturated carbocycles. The number of aromatic amines is 2. The molecular formula is C17H16N4O5S. The van der Waals surface area contributed by atoms with Gasteiger partial charge in [0.05, 0.1) is 12.3 Å². The van der Waals surface area contributed by atoms with E-state index in [0.29, 0.717) is 5.56 Å². The fraction of sp³-hybridized carbons (Fsp3) is 0.235. The van der Waals surface area contributed by atoms with Crippen LogP contribution in [0, 0.1) is 0 Å². The van der Waals surface area contributed by atoms with Crippen LogP contribution in [0.4, 0.5) is 0 Å². The number of hydrogen-bond donors (Lipinski definition) is 3. The molecule has 140 valence electrons. The molecule has 0 saturated heterocycles. The third kappa shape index (κ3) is 4.17. The highest BCUT2D eigenvalue weighted by atomic mass is 32.2. The first-order valence-electron chi connectivity index (χ1n) is 8.09. The van der Waals surface area contributed by atoms with E-state index in [1.54, 1.807) is 37.3 Å². The van der Waals surface area contributed by atoms with Crippen LogP contribution in [-0.2, 0) is 20.1 Å². The summed E-state index contributed by atoms with van der Waals surface area (Å²) < 4.78 is 4.88. The Morgan fingerprint density at radius 2 is 1.93 bits per heavy atom. The SMILES string of the molecule is CCOC(=O)c1[nH]c(=O)[nH]c1CSC1=NC(=O)C(c2ccccc2)C(=O)N1. The molecule has 0 fully saturated rings.